The van der Waals surface area contributed by atoms with Crippen LogP contribution in [-0.2, 0) is 0 Å². The normalized spacial score (nSPS) is 10.8. The first-order chi connectivity index (χ1) is 9.15. The Hall–Kier alpha value is -2.13. The molecule has 0 fully saturated rings. The Morgan fingerprint density at radius 2 is 1.95 bits per heavy atom. The summed E-state index contributed by atoms with van der Waals surface area (Å²) in [5.74, 6) is 0.581. The number of H-pyrrole nitrogens is 1. The first-order valence-corrected chi connectivity index (χ1v) is 6.28. The second-order valence-electron chi connectivity index (χ2n) is 4.39. The van der Waals surface area contributed by atoms with Gasteiger partial charge in [-0.3, -0.25) is 4.79 Å². The standard InChI is InChI=1S/C15H11ClN2O/c1-9-4-2-3-5-11(9)14-17-13-7-6-10(16)8-12(13)15(19)18-14/h2-8H,1H3,(H,17,18,19). The lowest BCUT2D eigenvalue weighted by Gasteiger charge is -2.06. The third kappa shape index (κ3) is 2.13. The average molecular weight is 271 g/mol. The molecule has 3 aromatic rings. The lowest BCUT2D eigenvalue weighted by atomic mass is 10.1. The molecule has 0 amide bonds. The van der Waals surface area contributed by atoms with Gasteiger partial charge in [-0.1, -0.05) is 35.9 Å². The molecule has 0 atom stereocenters. The van der Waals surface area contributed by atoms with Gasteiger partial charge in [0.05, 0.1) is 10.9 Å². The van der Waals surface area contributed by atoms with E-state index in [4.69, 9.17) is 11.6 Å². The van der Waals surface area contributed by atoms with Crippen molar-refractivity contribution < 1.29 is 0 Å². The van der Waals surface area contributed by atoms with Gasteiger partial charge in [-0.2, -0.15) is 0 Å². The summed E-state index contributed by atoms with van der Waals surface area (Å²) in [5.41, 5.74) is 2.47. The van der Waals surface area contributed by atoms with Crippen molar-refractivity contribution in [1.82, 2.24) is 9.97 Å². The van der Waals surface area contributed by atoms with E-state index in [1.807, 2.05) is 31.2 Å². The molecule has 4 heteroatoms. The minimum Gasteiger partial charge on any atom is -0.306 e. The van der Waals surface area contributed by atoms with Gasteiger partial charge in [-0.25, -0.2) is 4.98 Å². The number of hydrogen-bond donors (Lipinski definition) is 1. The van der Waals surface area contributed by atoms with E-state index in [0.29, 0.717) is 21.7 Å². The Kier molecular flexibility index (Phi) is 2.84. The summed E-state index contributed by atoms with van der Waals surface area (Å²) < 4.78 is 0. The van der Waals surface area contributed by atoms with Gasteiger partial charge in [0.1, 0.15) is 5.82 Å². The molecule has 94 valence electrons. The SMILES string of the molecule is Cc1ccccc1-c1nc2ccc(Cl)cc2c(=O)[nH]1. The van der Waals surface area contributed by atoms with Gasteiger partial charge >= 0.3 is 0 Å². The molecule has 0 spiro atoms. The smallest absolute Gasteiger partial charge is 0.259 e. The monoisotopic (exact) mass is 270 g/mol. The van der Waals surface area contributed by atoms with E-state index < -0.39 is 0 Å². The van der Waals surface area contributed by atoms with Crippen LogP contribution in [0.2, 0.25) is 5.02 Å². The number of halogens is 1. The van der Waals surface area contributed by atoms with Crippen LogP contribution in [-0.4, -0.2) is 9.97 Å². The minimum absolute atomic E-state index is 0.175. The zero-order chi connectivity index (χ0) is 13.4. The van der Waals surface area contributed by atoms with Crippen LogP contribution in [0.1, 0.15) is 5.56 Å². The molecule has 0 saturated carbocycles. The summed E-state index contributed by atoms with van der Waals surface area (Å²) in [6, 6.07) is 12.9. The third-order valence-electron chi connectivity index (χ3n) is 3.07. The highest BCUT2D eigenvalue weighted by molar-refractivity contribution is 6.31. The highest BCUT2D eigenvalue weighted by Crippen LogP contribution is 2.21. The Morgan fingerprint density at radius 1 is 1.16 bits per heavy atom. The Balaban J connectivity index is 2.31. The molecule has 3 rings (SSSR count). The lowest BCUT2D eigenvalue weighted by molar-refractivity contribution is 1.17. The summed E-state index contributed by atoms with van der Waals surface area (Å²) in [6.07, 6.45) is 0. The maximum Gasteiger partial charge on any atom is 0.259 e. The molecule has 3 nitrogen and oxygen atoms in total. The second kappa shape index (κ2) is 4.52. The molecule has 1 aromatic heterocycles. The number of nitrogens with zero attached hydrogens (tertiary/aromatic N) is 1. The van der Waals surface area contributed by atoms with Crippen LogP contribution in [0.15, 0.2) is 47.3 Å². The third-order valence-corrected chi connectivity index (χ3v) is 3.30. The van der Waals surface area contributed by atoms with Gasteiger partial charge < -0.3 is 4.98 Å². The van der Waals surface area contributed by atoms with Crippen molar-refractivity contribution in [3.05, 3.63) is 63.4 Å². The summed E-state index contributed by atoms with van der Waals surface area (Å²) >= 11 is 5.89. The van der Waals surface area contributed by atoms with Gasteiger partial charge in [-0.15, -0.1) is 0 Å². The molecular formula is C15H11ClN2O. The Morgan fingerprint density at radius 3 is 2.74 bits per heavy atom. The topological polar surface area (TPSA) is 45.8 Å². The predicted octanol–water partition coefficient (Wildman–Crippen LogP) is 3.55. The van der Waals surface area contributed by atoms with Crippen LogP contribution in [0.5, 0.6) is 0 Å². The van der Waals surface area contributed by atoms with Crippen LogP contribution in [0.4, 0.5) is 0 Å². The Bertz CT molecular complexity index is 824. The fourth-order valence-electron chi connectivity index (χ4n) is 2.08. The highest BCUT2D eigenvalue weighted by atomic mass is 35.5. The molecule has 0 unspecified atom stereocenters. The highest BCUT2D eigenvalue weighted by Gasteiger charge is 2.07. The molecule has 0 radical (unpaired) electrons. The fraction of sp³-hybridized carbons (Fsp3) is 0.0667. The second-order valence-corrected chi connectivity index (χ2v) is 4.83. The fourth-order valence-corrected chi connectivity index (χ4v) is 2.25. The molecule has 1 heterocycles. The summed E-state index contributed by atoms with van der Waals surface area (Å²) in [6.45, 7) is 1.99. The van der Waals surface area contributed by atoms with Crippen LogP contribution in [0, 0.1) is 6.92 Å². The van der Waals surface area contributed by atoms with Crippen molar-refractivity contribution in [2.24, 2.45) is 0 Å². The van der Waals surface area contributed by atoms with Crippen LogP contribution in [0.25, 0.3) is 22.3 Å². The molecular weight excluding hydrogens is 260 g/mol. The molecule has 1 N–H and O–H groups in total. The number of aryl methyl sites for hydroxylation is 1. The lowest BCUT2D eigenvalue weighted by Crippen LogP contribution is -2.09. The average Bonchev–Trinajstić information content (AvgIpc) is 2.40. The number of benzene rings is 2. The van der Waals surface area contributed by atoms with Crippen molar-refractivity contribution in [3.63, 3.8) is 0 Å². The maximum atomic E-state index is 12.1. The van der Waals surface area contributed by atoms with Crippen molar-refractivity contribution in [3.8, 4) is 11.4 Å². The largest absolute Gasteiger partial charge is 0.306 e. The molecule has 0 aliphatic rings. The van der Waals surface area contributed by atoms with Crippen LogP contribution in [0.3, 0.4) is 0 Å². The van der Waals surface area contributed by atoms with Crippen molar-refractivity contribution in [2.45, 2.75) is 6.92 Å². The number of rotatable bonds is 1. The van der Waals surface area contributed by atoms with Crippen molar-refractivity contribution in [2.75, 3.05) is 0 Å². The van der Waals surface area contributed by atoms with E-state index in [9.17, 15) is 4.79 Å². The zero-order valence-electron chi connectivity index (χ0n) is 10.3. The van der Waals surface area contributed by atoms with E-state index in [1.54, 1.807) is 18.2 Å². The first kappa shape index (κ1) is 11.9. The predicted molar refractivity (Wildman–Crippen MR) is 77.5 cm³/mol. The molecule has 2 aromatic carbocycles. The number of aromatic nitrogens is 2. The van der Waals surface area contributed by atoms with Crippen molar-refractivity contribution in [1.29, 1.82) is 0 Å². The van der Waals surface area contributed by atoms with Gasteiger partial charge in [0.15, 0.2) is 0 Å². The summed E-state index contributed by atoms with van der Waals surface area (Å²) in [4.78, 5) is 19.4. The van der Waals surface area contributed by atoms with E-state index in [-0.39, 0.29) is 5.56 Å². The van der Waals surface area contributed by atoms with E-state index in [2.05, 4.69) is 9.97 Å². The molecule has 0 aliphatic heterocycles. The number of hydrogen-bond acceptors (Lipinski definition) is 2. The van der Waals surface area contributed by atoms with E-state index in [0.717, 1.165) is 11.1 Å². The number of fused-ring (bicyclic) bond motifs is 1. The van der Waals surface area contributed by atoms with Gasteiger partial charge in [0, 0.05) is 10.6 Å². The maximum absolute atomic E-state index is 12.1. The molecule has 0 aliphatic carbocycles. The van der Waals surface area contributed by atoms with Crippen LogP contribution >= 0.6 is 11.6 Å². The van der Waals surface area contributed by atoms with Gasteiger partial charge in [0.2, 0.25) is 0 Å². The number of nitrogens with one attached hydrogen (secondary N) is 1. The van der Waals surface area contributed by atoms with Gasteiger partial charge in [-0.05, 0) is 30.7 Å². The molecule has 19 heavy (non-hydrogen) atoms. The van der Waals surface area contributed by atoms with E-state index >= 15 is 0 Å². The van der Waals surface area contributed by atoms with Crippen molar-refractivity contribution >= 4 is 22.5 Å². The minimum atomic E-state index is -0.175. The van der Waals surface area contributed by atoms with Gasteiger partial charge in [0.25, 0.3) is 5.56 Å². The summed E-state index contributed by atoms with van der Waals surface area (Å²) in [5, 5.41) is 1.04. The number of aromatic amines is 1. The zero-order valence-corrected chi connectivity index (χ0v) is 11.0. The van der Waals surface area contributed by atoms with Crippen LogP contribution < -0.4 is 5.56 Å². The molecule has 0 bridgehead atoms. The quantitative estimate of drug-likeness (QED) is 0.735. The Labute approximate surface area is 114 Å². The molecule has 0 saturated heterocycles. The first-order valence-electron chi connectivity index (χ1n) is 5.91. The van der Waals surface area contributed by atoms with E-state index in [1.165, 1.54) is 0 Å². The summed E-state index contributed by atoms with van der Waals surface area (Å²) in [7, 11) is 0.